The van der Waals surface area contributed by atoms with E-state index in [0.29, 0.717) is 23.7 Å². The molecule has 0 aromatic carbocycles. The van der Waals surface area contributed by atoms with Crippen LogP contribution in [0.5, 0.6) is 0 Å². The van der Waals surface area contributed by atoms with Gasteiger partial charge in [-0.05, 0) is 68.7 Å². The highest BCUT2D eigenvalue weighted by Gasteiger charge is 2.50. The van der Waals surface area contributed by atoms with Crippen LogP contribution < -0.4 is 10.6 Å². The zero-order valence-electron chi connectivity index (χ0n) is 12.2. The van der Waals surface area contributed by atoms with E-state index in [1.807, 2.05) is 0 Å². The highest BCUT2D eigenvalue weighted by atomic mass is 16.1. The number of carbonyl (C=O) groups is 1. The molecule has 4 aliphatic rings. The number of hydrogen-bond donors (Lipinski definition) is 2. The van der Waals surface area contributed by atoms with Crippen LogP contribution in [-0.4, -0.2) is 25.5 Å². The van der Waals surface area contributed by atoms with Crippen molar-refractivity contribution >= 4 is 5.91 Å². The van der Waals surface area contributed by atoms with Crippen LogP contribution in [0.15, 0.2) is 0 Å². The van der Waals surface area contributed by atoms with E-state index in [0.717, 1.165) is 37.9 Å². The van der Waals surface area contributed by atoms with E-state index in [-0.39, 0.29) is 0 Å². The first kappa shape index (κ1) is 13.4. The molecule has 0 radical (unpaired) electrons. The monoisotopic (exact) mass is 264 g/mol. The van der Waals surface area contributed by atoms with Crippen LogP contribution in [0.1, 0.15) is 45.4 Å². The fraction of sp³-hybridized carbons (Fsp3) is 0.938. The SMILES string of the molecule is CCCNCCNC(=O)C1C2CC3CC(C2)CC1C3. The molecule has 0 aliphatic heterocycles. The second kappa shape index (κ2) is 5.82. The molecule has 0 aromatic rings. The van der Waals surface area contributed by atoms with Crippen molar-refractivity contribution in [1.29, 1.82) is 0 Å². The summed E-state index contributed by atoms with van der Waals surface area (Å²) in [6.45, 7) is 4.92. The Kier molecular flexibility index (Phi) is 4.11. The summed E-state index contributed by atoms with van der Waals surface area (Å²) in [6, 6.07) is 0. The van der Waals surface area contributed by atoms with Crippen molar-refractivity contribution in [3.8, 4) is 0 Å². The van der Waals surface area contributed by atoms with Crippen molar-refractivity contribution in [3.05, 3.63) is 0 Å². The second-order valence-electron chi connectivity index (χ2n) is 7.00. The predicted molar refractivity (Wildman–Crippen MR) is 76.7 cm³/mol. The maximum absolute atomic E-state index is 12.4. The molecule has 2 N–H and O–H groups in total. The van der Waals surface area contributed by atoms with Gasteiger partial charge < -0.3 is 10.6 Å². The third-order valence-corrected chi connectivity index (χ3v) is 5.56. The molecule has 0 atom stereocenters. The van der Waals surface area contributed by atoms with Gasteiger partial charge >= 0.3 is 0 Å². The van der Waals surface area contributed by atoms with Gasteiger partial charge in [-0.1, -0.05) is 6.92 Å². The molecule has 4 rings (SSSR count). The lowest BCUT2D eigenvalue weighted by molar-refractivity contribution is -0.138. The fourth-order valence-corrected chi connectivity index (χ4v) is 5.05. The van der Waals surface area contributed by atoms with Gasteiger partial charge in [0.2, 0.25) is 5.91 Å². The van der Waals surface area contributed by atoms with Gasteiger partial charge in [-0.15, -0.1) is 0 Å². The number of rotatable bonds is 6. The standard InChI is InChI=1S/C16H28N2O/c1-2-3-17-4-5-18-16(19)15-13-7-11-6-12(9-13)10-14(15)8-11/h11-15,17H,2-10H2,1H3,(H,18,19). The lowest BCUT2D eigenvalue weighted by atomic mass is 9.51. The van der Waals surface area contributed by atoms with Gasteiger partial charge in [-0.3, -0.25) is 4.79 Å². The Bertz CT molecular complexity index is 301. The Labute approximate surface area is 116 Å². The maximum Gasteiger partial charge on any atom is 0.223 e. The highest BCUT2D eigenvalue weighted by Crippen LogP contribution is 2.56. The van der Waals surface area contributed by atoms with Crippen molar-refractivity contribution in [3.63, 3.8) is 0 Å². The van der Waals surface area contributed by atoms with E-state index in [4.69, 9.17) is 0 Å². The fourth-order valence-electron chi connectivity index (χ4n) is 5.05. The second-order valence-corrected chi connectivity index (χ2v) is 7.00. The van der Waals surface area contributed by atoms with Crippen LogP contribution >= 0.6 is 0 Å². The van der Waals surface area contributed by atoms with E-state index in [1.54, 1.807) is 0 Å². The van der Waals surface area contributed by atoms with Crippen molar-refractivity contribution in [2.24, 2.45) is 29.6 Å². The van der Waals surface area contributed by atoms with Crippen LogP contribution in [0.4, 0.5) is 0 Å². The Morgan fingerprint density at radius 1 is 0.947 bits per heavy atom. The smallest absolute Gasteiger partial charge is 0.223 e. The Hall–Kier alpha value is -0.570. The molecule has 0 saturated heterocycles. The third kappa shape index (κ3) is 2.81. The molecule has 4 bridgehead atoms. The molecular formula is C16H28N2O. The summed E-state index contributed by atoms with van der Waals surface area (Å²) in [5, 5.41) is 6.51. The van der Waals surface area contributed by atoms with Crippen LogP contribution in [0, 0.1) is 29.6 Å². The number of nitrogens with one attached hydrogen (secondary N) is 2. The Balaban J connectivity index is 1.47. The van der Waals surface area contributed by atoms with Crippen LogP contribution in [0.2, 0.25) is 0 Å². The topological polar surface area (TPSA) is 41.1 Å². The molecule has 4 saturated carbocycles. The molecule has 0 heterocycles. The van der Waals surface area contributed by atoms with Gasteiger partial charge in [0.15, 0.2) is 0 Å². The molecular weight excluding hydrogens is 236 g/mol. The zero-order valence-corrected chi connectivity index (χ0v) is 12.2. The first-order valence-electron chi connectivity index (χ1n) is 8.26. The third-order valence-electron chi connectivity index (χ3n) is 5.56. The van der Waals surface area contributed by atoms with Gasteiger partial charge in [0.05, 0.1) is 0 Å². The van der Waals surface area contributed by atoms with Gasteiger partial charge in [-0.25, -0.2) is 0 Å². The summed E-state index contributed by atoms with van der Waals surface area (Å²) < 4.78 is 0. The summed E-state index contributed by atoms with van der Waals surface area (Å²) in [5.41, 5.74) is 0. The van der Waals surface area contributed by atoms with E-state index in [2.05, 4.69) is 17.6 Å². The quantitative estimate of drug-likeness (QED) is 0.722. The molecule has 4 fully saturated rings. The normalized spacial score (nSPS) is 39.5. The van der Waals surface area contributed by atoms with E-state index in [1.165, 1.54) is 32.1 Å². The zero-order chi connectivity index (χ0) is 13.2. The molecule has 0 unspecified atom stereocenters. The van der Waals surface area contributed by atoms with Crippen molar-refractivity contribution in [2.75, 3.05) is 19.6 Å². The summed E-state index contributed by atoms with van der Waals surface area (Å²) in [5.74, 6) is 4.03. The predicted octanol–water partition coefficient (Wildman–Crippen LogP) is 2.17. The number of carbonyl (C=O) groups excluding carboxylic acids is 1. The van der Waals surface area contributed by atoms with Gasteiger partial charge in [0, 0.05) is 19.0 Å². The molecule has 4 aliphatic carbocycles. The molecule has 1 amide bonds. The Morgan fingerprint density at radius 3 is 2.16 bits per heavy atom. The summed E-state index contributed by atoms with van der Waals surface area (Å²) in [4.78, 5) is 12.4. The average molecular weight is 264 g/mol. The van der Waals surface area contributed by atoms with Gasteiger partial charge in [-0.2, -0.15) is 0 Å². The molecule has 3 nitrogen and oxygen atoms in total. The van der Waals surface area contributed by atoms with Gasteiger partial charge in [0.1, 0.15) is 0 Å². The summed E-state index contributed by atoms with van der Waals surface area (Å²) in [7, 11) is 0. The number of amides is 1. The van der Waals surface area contributed by atoms with Crippen molar-refractivity contribution in [2.45, 2.75) is 45.4 Å². The minimum atomic E-state index is 0.346. The van der Waals surface area contributed by atoms with Crippen LogP contribution in [0.3, 0.4) is 0 Å². The minimum absolute atomic E-state index is 0.346. The minimum Gasteiger partial charge on any atom is -0.355 e. The molecule has 19 heavy (non-hydrogen) atoms. The maximum atomic E-state index is 12.4. The number of hydrogen-bond acceptors (Lipinski definition) is 2. The van der Waals surface area contributed by atoms with Crippen molar-refractivity contribution in [1.82, 2.24) is 10.6 Å². The summed E-state index contributed by atoms with van der Waals surface area (Å²) in [6.07, 6.45) is 7.95. The molecule has 3 heteroatoms. The molecule has 0 aromatic heterocycles. The van der Waals surface area contributed by atoms with Crippen LogP contribution in [0.25, 0.3) is 0 Å². The van der Waals surface area contributed by atoms with Gasteiger partial charge in [0.25, 0.3) is 0 Å². The van der Waals surface area contributed by atoms with Crippen molar-refractivity contribution < 1.29 is 4.79 Å². The molecule has 0 spiro atoms. The Morgan fingerprint density at radius 2 is 1.58 bits per heavy atom. The van der Waals surface area contributed by atoms with Crippen LogP contribution in [-0.2, 0) is 4.79 Å². The highest BCUT2D eigenvalue weighted by molar-refractivity contribution is 5.79. The lowest BCUT2D eigenvalue weighted by Crippen LogP contribution is -2.51. The average Bonchev–Trinajstić information content (AvgIpc) is 2.37. The van der Waals surface area contributed by atoms with E-state index < -0.39 is 0 Å². The first-order valence-corrected chi connectivity index (χ1v) is 8.26. The molecule has 108 valence electrons. The first-order chi connectivity index (χ1) is 9.28. The largest absolute Gasteiger partial charge is 0.355 e. The summed E-state index contributed by atoms with van der Waals surface area (Å²) >= 11 is 0. The van der Waals surface area contributed by atoms with E-state index in [9.17, 15) is 4.79 Å². The van der Waals surface area contributed by atoms with E-state index >= 15 is 0 Å². The lowest BCUT2D eigenvalue weighted by Gasteiger charge is -2.53.